The maximum Gasteiger partial charge on any atom is 0.240 e. The molecule has 2 rings (SSSR count). The smallest absolute Gasteiger partial charge is 0.240 e. The number of hydrogen-bond acceptors (Lipinski definition) is 3. The molecule has 0 saturated carbocycles. The molecule has 0 bridgehead atoms. The fourth-order valence-electron chi connectivity index (χ4n) is 2.18. The van der Waals surface area contributed by atoms with E-state index >= 15 is 0 Å². The summed E-state index contributed by atoms with van der Waals surface area (Å²) in [5, 5.41) is 2.56. The predicted octanol–water partition coefficient (Wildman–Crippen LogP) is 1.91. The van der Waals surface area contributed by atoms with Crippen molar-refractivity contribution in [3.63, 3.8) is 0 Å². The van der Waals surface area contributed by atoms with Crippen molar-refractivity contribution in [3.05, 3.63) is 65.2 Å². The molecule has 1 amide bonds. The first-order chi connectivity index (χ1) is 11.8. The first kappa shape index (κ1) is 19.0. The van der Waals surface area contributed by atoms with Crippen LogP contribution in [0.5, 0.6) is 0 Å². The van der Waals surface area contributed by atoms with Gasteiger partial charge < -0.3 is 5.32 Å². The third kappa shape index (κ3) is 5.61. The molecular formula is C17H18F2N2O3S. The van der Waals surface area contributed by atoms with E-state index in [2.05, 4.69) is 10.0 Å². The lowest BCUT2D eigenvalue weighted by Gasteiger charge is -2.10. The van der Waals surface area contributed by atoms with Gasteiger partial charge in [-0.05, 0) is 42.3 Å². The lowest BCUT2D eigenvalue weighted by molar-refractivity contribution is -0.120. The maximum absolute atomic E-state index is 13.2. The molecule has 25 heavy (non-hydrogen) atoms. The minimum Gasteiger partial charge on any atom is -0.355 e. The number of aryl methyl sites for hydroxylation is 1. The molecule has 0 aliphatic heterocycles. The molecule has 0 atom stereocenters. The van der Waals surface area contributed by atoms with Gasteiger partial charge in [-0.2, -0.15) is 0 Å². The second-order valence-corrected chi connectivity index (χ2v) is 7.20. The molecule has 2 aromatic carbocycles. The Hall–Kier alpha value is -2.32. The Bertz CT molecular complexity index is 853. The largest absolute Gasteiger partial charge is 0.355 e. The minimum atomic E-state index is -3.86. The quantitative estimate of drug-likeness (QED) is 0.733. The van der Waals surface area contributed by atoms with Crippen LogP contribution in [0.25, 0.3) is 0 Å². The van der Waals surface area contributed by atoms with E-state index in [1.165, 1.54) is 36.4 Å². The molecule has 0 aromatic heterocycles. The second-order valence-electron chi connectivity index (χ2n) is 5.46. The molecule has 2 N–H and O–H groups in total. The molecule has 0 unspecified atom stereocenters. The van der Waals surface area contributed by atoms with Gasteiger partial charge in [0.15, 0.2) is 0 Å². The Morgan fingerprint density at radius 2 is 1.64 bits per heavy atom. The second kappa shape index (κ2) is 8.17. The number of carbonyl (C=O) groups is 1. The van der Waals surface area contributed by atoms with Crippen molar-refractivity contribution in [3.8, 4) is 0 Å². The highest BCUT2D eigenvalue weighted by atomic mass is 32.2. The van der Waals surface area contributed by atoms with Gasteiger partial charge in [0, 0.05) is 13.1 Å². The van der Waals surface area contributed by atoms with E-state index in [9.17, 15) is 22.0 Å². The maximum atomic E-state index is 13.2. The molecule has 134 valence electrons. The van der Waals surface area contributed by atoms with Crippen LogP contribution in [0.4, 0.5) is 8.78 Å². The van der Waals surface area contributed by atoms with Gasteiger partial charge in [0.25, 0.3) is 0 Å². The number of hydrogen-bond donors (Lipinski definition) is 2. The Morgan fingerprint density at radius 3 is 2.32 bits per heavy atom. The molecule has 0 radical (unpaired) electrons. The van der Waals surface area contributed by atoms with Crippen molar-refractivity contribution < 1.29 is 22.0 Å². The van der Waals surface area contributed by atoms with Crippen molar-refractivity contribution in [1.29, 1.82) is 0 Å². The van der Waals surface area contributed by atoms with Crippen LogP contribution < -0.4 is 10.0 Å². The molecule has 0 spiro atoms. The average Bonchev–Trinajstić information content (AvgIpc) is 2.56. The summed E-state index contributed by atoms with van der Waals surface area (Å²) in [6, 6.07) is 9.05. The monoisotopic (exact) mass is 368 g/mol. The van der Waals surface area contributed by atoms with E-state index < -0.39 is 15.8 Å². The van der Waals surface area contributed by atoms with Gasteiger partial charge in [0.05, 0.1) is 11.3 Å². The summed E-state index contributed by atoms with van der Waals surface area (Å²) in [6.45, 7) is 1.61. The lowest BCUT2D eigenvalue weighted by atomic mass is 10.1. The van der Waals surface area contributed by atoms with Crippen LogP contribution in [0.2, 0.25) is 0 Å². The van der Waals surface area contributed by atoms with E-state index in [1.807, 2.05) is 0 Å². The van der Waals surface area contributed by atoms with Gasteiger partial charge in [-0.1, -0.05) is 18.2 Å². The SMILES string of the molecule is Cc1ccc(F)cc1S(=O)(=O)NCCNC(=O)Cc1ccc(F)cc1. The first-order valence-corrected chi connectivity index (χ1v) is 9.03. The van der Waals surface area contributed by atoms with E-state index in [0.29, 0.717) is 11.1 Å². The van der Waals surface area contributed by atoms with Crippen LogP contribution in [-0.2, 0) is 21.2 Å². The summed E-state index contributed by atoms with van der Waals surface area (Å²) >= 11 is 0. The van der Waals surface area contributed by atoms with Crippen molar-refractivity contribution in [2.24, 2.45) is 0 Å². The highest BCUT2D eigenvalue weighted by Crippen LogP contribution is 2.15. The topological polar surface area (TPSA) is 75.3 Å². The molecule has 0 saturated heterocycles. The number of sulfonamides is 1. The number of nitrogens with one attached hydrogen (secondary N) is 2. The lowest BCUT2D eigenvalue weighted by Crippen LogP contribution is -2.35. The molecule has 0 aliphatic carbocycles. The normalized spacial score (nSPS) is 11.3. The Morgan fingerprint density at radius 1 is 1.00 bits per heavy atom. The van der Waals surface area contributed by atoms with Gasteiger partial charge in [0.2, 0.25) is 15.9 Å². The number of halogens is 2. The van der Waals surface area contributed by atoms with Crippen molar-refractivity contribution in [2.45, 2.75) is 18.2 Å². The summed E-state index contributed by atoms with van der Waals surface area (Å²) in [5.74, 6) is -1.34. The summed E-state index contributed by atoms with van der Waals surface area (Å²) in [4.78, 5) is 11.6. The highest BCUT2D eigenvalue weighted by Gasteiger charge is 2.17. The van der Waals surface area contributed by atoms with Crippen molar-refractivity contribution in [1.82, 2.24) is 10.0 Å². The van der Waals surface area contributed by atoms with Crippen LogP contribution in [0.1, 0.15) is 11.1 Å². The molecular weight excluding hydrogens is 350 g/mol. The van der Waals surface area contributed by atoms with Crippen LogP contribution >= 0.6 is 0 Å². The zero-order valence-electron chi connectivity index (χ0n) is 13.6. The number of carbonyl (C=O) groups excluding carboxylic acids is 1. The minimum absolute atomic E-state index is 0.0343. The van der Waals surface area contributed by atoms with Crippen LogP contribution in [-0.4, -0.2) is 27.4 Å². The summed E-state index contributed by atoms with van der Waals surface area (Å²) < 4.78 is 52.6. The Balaban J connectivity index is 1.82. The van der Waals surface area contributed by atoms with Gasteiger partial charge in [-0.15, -0.1) is 0 Å². The van der Waals surface area contributed by atoms with Crippen LogP contribution in [0.15, 0.2) is 47.4 Å². The fourth-order valence-corrected chi connectivity index (χ4v) is 3.46. The van der Waals surface area contributed by atoms with Crippen LogP contribution in [0.3, 0.4) is 0 Å². The summed E-state index contributed by atoms with van der Waals surface area (Å²) in [7, 11) is -3.86. The van der Waals surface area contributed by atoms with E-state index in [4.69, 9.17) is 0 Å². The van der Waals surface area contributed by atoms with Gasteiger partial charge in [-0.3, -0.25) is 4.79 Å². The molecule has 0 heterocycles. The third-order valence-electron chi connectivity index (χ3n) is 3.46. The van der Waals surface area contributed by atoms with Crippen LogP contribution in [0, 0.1) is 18.6 Å². The first-order valence-electron chi connectivity index (χ1n) is 7.55. The Labute approximate surface area is 145 Å². The van der Waals surface area contributed by atoms with E-state index in [-0.39, 0.29) is 36.1 Å². The zero-order chi connectivity index (χ0) is 18.4. The van der Waals surface area contributed by atoms with E-state index in [1.54, 1.807) is 6.92 Å². The number of rotatable bonds is 7. The molecule has 0 fully saturated rings. The van der Waals surface area contributed by atoms with Gasteiger partial charge >= 0.3 is 0 Å². The molecule has 5 nitrogen and oxygen atoms in total. The van der Waals surface area contributed by atoms with Gasteiger partial charge in [0.1, 0.15) is 11.6 Å². The van der Waals surface area contributed by atoms with Crippen molar-refractivity contribution >= 4 is 15.9 Å². The number of benzene rings is 2. The van der Waals surface area contributed by atoms with Crippen molar-refractivity contribution in [2.75, 3.05) is 13.1 Å². The predicted molar refractivity (Wildman–Crippen MR) is 89.4 cm³/mol. The highest BCUT2D eigenvalue weighted by molar-refractivity contribution is 7.89. The number of amides is 1. The fraction of sp³-hybridized carbons (Fsp3) is 0.235. The Kier molecular flexibility index (Phi) is 6.22. The zero-order valence-corrected chi connectivity index (χ0v) is 14.4. The summed E-state index contributed by atoms with van der Waals surface area (Å²) in [5.41, 5.74) is 1.07. The molecule has 2 aromatic rings. The third-order valence-corrected chi connectivity index (χ3v) is 5.06. The molecule has 0 aliphatic rings. The summed E-state index contributed by atoms with van der Waals surface area (Å²) in [6.07, 6.45) is 0.0655. The standard InChI is InChI=1S/C17H18F2N2O3S/c1-12-2-5-15(19)11-16(12)25(23,24)21-9-8-20-17(22)10-13-3-6-14(18)7-4-13/h2-7,11,21H,8-10H2,1H3,(H,20,22). The average molecular weight is 368 g/mol. The van der Waals surface area contributed by atoms with E-state index in [0.717, 1.165) is 6.07 Å². The molecule has 8 heteroatoms. The van der Waals surface area contributed by atoms with Gasteiger partial charge in [-0.25, -0.2) is 21.9 Å².